The van der Waals surface area contributed by atoms with Gasteiger partial charge >= 0.3 is 6.03 Å². The summed E-state index contributed by atoms with van der Waals surface area (Å²) >= 11 is 0. The van der Waals surface area contributed by atoms with Crippen LogP contribution in [0, 0.1) is 11.8 Å². The summed E-state index contributed by atoms with van der Waals surface area (Å²) in [5.74, 6) is 1.56. The van der Waals surface area contributed by atoms with E-state index in [1.807, 2.05) is 0 Å². The monoisotopic (exact) mass is 242 g/mol. The Labute approximate surface area is 104 Å². The van der Waals surface area contributed by atoms with E-state index in [-0.39, 0.29) is 18.7 Å². The smallest absolute Gasteiger partial charge is 0.315 e. The van der Waals surface area contributed by atoms with E-state index >= 15 is 0 Å². The Hall–Kier alpha value is -0.770. The van der Waals surface area contributed by atoms with Crippen LogP contribution >= 0.6 is 0 Å². The van der Waals surface area contributed by atoms with Crippen molar-refractivity contribution >= 4 is 6.03 Å². The van der Waals surface area contributed by atoms with Crippen molar-refractivity contribution in [3.8, 4) is 0 Å². The molecule has 0 aromatic carbocycles. The van der Waals surface area contributed by atoms with Crippen molar-refractivity contribution < 1.29 is 9.90 Å². The molecule has 2 amide bonds. The van der Waals surface area contributed by atoms with Gasteiger partial charge in [-0.1, -0.05) is 13.8 Å². The quantitative estimate of drug-likeness (QED) is 0.705. The molecule has 0 spiro atoms. The number of hydrogen-bond donors (Lipinski definition) is 3. The Kier molecular flexibility index (Phi) is 5.75. The molecular formula is C13H26N2O2. The fourth-order valence-corrected chi connectivity index (χ4v) is 2.43. The Morgan fingerprint density at radius 1 is 1.24 bits per heavy atom. The summed E-state index contributed by atoms with van der Waals surface area (Å²) in [6.07, 6.45) is 4.56. The lowest BCUT2D eigenvalue weighted by Crippen LogP contribution is -2.47. The molecule has 1 saturated carbocycles. The molecule has 3 N–H and O–H groups in total. The number of amides is 2. The summed E-state index contributed by atoms with van der Waals surface area (Å²) in [5, 5.41) is 14.5. The maximum absolute atomic E-state index is 11.6. The number of hydrogen-bond acceptors (Lipinski definition) is 2. The third-order valence-electron chi connectivity index (χ3n) is 3.70. The normalized spacial score (nSPS) is 26.6. The molecule has 4 nitrogen and oxygen atoms in total. The molecule has 100 valence electrons. The van der Waals surface area contributed by atoms with Crippen LogP contribution in [0.1, 0.15) is 46.5 Å². The summed E-state index contributed by atoms with van der Waals surface area (Å²) in [6, 6.07) is -0.0301. The highest BCUT2D eigenvalue weighted by Crippen LogP contribution is 2.29. The van der Waals surface area contributed by atoms with Crippen LogP contribution in [0.2, 0.25) is 0 Å². The second-order valence-electron chi connectivity index (χ2n) is 5.56. The van der Waals surface area contributed by atoms with Gasteiger partial charge < -0.3 is 15.7 Å². The average Bonchev–Trinajstić information content (AvgIpc) is 2.29. The van der Waals surface area contributed by atoms with Crippen LogP contribution in [0.15, 0.2) is 0 Å². The molecular weight excluding hydrogens is 216 g/mol. The number of carbonyl (C=O) groups is 1. The first-order valence-electron chi connectivity index (χ1n) is 6.70. The van der Waals surface area contributed by atoms with Crippen LogP contribution < -0.4 is 10.6 Å². The van der Waals surface area contributed by atoms with Gasteiger partial charge in [0.25, 0.3) is 0 Å². The zero-order chi connectivity index (χ0) is 12.8. The van der Waals surface area contributed by atoms with Gasteiger partial charge in [0.15, 0.2) is 0 Å². The number of rotatable bonds is 4. The third-order valence-corrected chi connectivity index (χ3v) is 3.70. The highest BCUT2D eigenvalue weighted by Gasteiger charge is 2.24. The van der Waals surface area contributed by atoms with E-state index in [1.54, 1.807) is 6.92 Å². The molecule has 1 aliphatic carbocycles. The molecule has 1 aliphatic rings. The van der Waals surface area contributed by atoms with E-state index in [0.29, 0.717) is 6.04 Å². The van der Waals surface area contributed by atoms with Gasteiger partial charge in [-0.2, -0.15) is 0 Å². The minimum atomic E-state index is -0.179. The fraction of sp³-hybridized carbons (Fsp3) is 0.923. The molecule has 1 atom stereocenters. The summed E-state index contributed by atoms with van der Waals surface area (Å²) in [4.78, 5) is 11.6. The molecule has 1 rings (SSSR count). The largest absolute Gasteiger partial charge is 0.394 e. The Morgan fingerprint density at radius 2 is 1.82 bits per heavy atom. The zero-order valence-corrected chi connectivity index (χ0v) is 11.2. The zero-order valence-electron chi connectivity index (χ0n) is 11.2. The second-order valence-corrected chi connectivity index (χ2v) is 5.56. The van der Waals surface area contributed by atoms with Gasteiger partial charge in [-0.15, -0.1) is 0 Å². The van der Waals surface area contributed by atoms with Crippen molar-refractivity contribution in [2.75, 3.05) is 6.61 Å². The molecule has 17 heavy (non-hydrogen) atoms. The van der Waals surface area contributed by atoms with E-state index in [4.69, 9.17) is 5.11 Å². The highest BCUT2D eigenvalue weighted by molar-refractivity contribution is 5.74. The van der Waals surface area contributed by atoms with Gasteiger partial charge in [0, 0.05) is 6.04 Å². The molecule has 0 aromatic heterocycles. The van der Waals surface area contributed by atoms with E-state index < -0.39 is 0 Å². The molecule has 1 fully saturated rings. The Morgan fingerprint density at radius 3 is 2.29 bits per heavy atom. The Bertz CT molecular complexity index is 236. The van der Waals surface area contributed by atoms with Gasteiger partial charge in [-0.3, -0.25) is 0 Å². The molecule has 0 radical (unpaired) electrons. The van der Waals surface area contributed by atoms with Crippen molar-refractivity contribution in [3.63, 3.8) is 0 Å². The van der Waals surface area contributed by atoms with Crippen LogP contribution in [-0.4, -0.2) is 29.8 Å². The lowest BCUT2D eigenvalue weighted by molar-refractivity contribution is 0.204. The maximum Gasteiger partial charge on any atom is 0.315 e. The number of nitrogens with one attached hydrogen (secondary N) is 2. The number of urea groups is 1. The molecule has 0 bridgehead atoms. The standard InChI is InChI=1S/C13H26N2O2/c1-9(2)11-4-6-12(7-5-11)15-13(17)14-10(3)8-16/h9-12,16H,4-8H2,1-3H3,(H2,14,15,17). The van der Waals surface area contributed by atoms with Crippen LogP contribution in [0.25, 0.3) is 0 Å². The van der Waals surface area contributed by atoms with Gasteiger partial charge in [-0.05, 0) is 44.4 Å². The molecule has 0 saturated heterocycles. The predicted molar refractivity (Wildman–Crippen MR) is 68.8 cm³/mol. The minimum absolute atomic E-state index is 0.0203. The SMILES string of the molecule is CC(CO)NC(=O)NC1CCC(C(C)C)CC1. The van der Waals surface area contributed by atoms with Gasteiger partial charge in [0.1, 0.15) is 0 Å². The number of carbonyl (C=O) groups excluding carboxylic acids is 1. The van der Waals surface area contributed by atoms with Crippen molar-refractivity contribution in [3.05, 3.63) is 0 Å². The van der Waals surface area contributed by atoms with Crippen molar-refractivity contribution in [2.45, 2.75) is 58.5 Å². The minimum Gasteiger partial charge on any atom is -0.394 e. The van der Waals surface area contributed by atoms with E-state index in [1.165, 1.54) is 12.8 Å². The van der Waals surface area contributed by atoms with Gasteiger partial charge in [0.05, 0.1) is 12.6 Å². The molecule has 0 aliphatic heterocycles. The molecule has 1 unspecified atom stereocenters. The van der Waals surface area contributed by atoms with Crippen molar-refractivity contribution in [1.82, 2.24) is 10.6 Å². The van der Waals surface area contributed by atoms with E-state index in [2.05, 4.69) is 24.5 Å². The van der Waals surface area contributed by atoms with Crippen LogP contribution in [0.4, 0.5) is 4.79 Å². The fourth-order valence-electron chi connectivity index (χ4n) is 2.43. The van der Waals surface area contributed by atoms with Crippen LogP contribution in [0.5, 0.6) is 0 Å². The molecule has 0 heterocycles. The summed E-state index contributed by atoms with van der Waals surface area (Å²) < 4.78 is 0. The van der Waals surface area contributed by atoms with E-state index in [9.17, 15) is 4.79 Å². The van der Waals surface area contributed by atoms with Gasteiger partial charge in [-0.25, -0.2) is 4.79 Å². The topological polar surface area (TPSA) is 61.4 Å². The number of aliphatic hydroxyl groups excluding tert-OH is 1. The lowest BCUT2D eigenvalue weighted by Gasteiger charge is -2.31. The lowest BCUT2D eigenvalue weighted by atomic mass is 9.80. The third kappa shape index (κ3) is 4.94. The summed E-state index contributed by atoms with van der Waals surface area (Å²) in [7, 11) is 0. The first-order valence-corrected chi connectivity index (χ1v) is 6.70. The van der Waals surface area contributed by atoms with Crippen LogP contribution in [0.3, 0.4) is 0 Å². The highest BCUT2D eigenvalue weighted by atomic mass is 16.3. The van der Waals surface area contributed by atoms with E-state index in [0.717, 1.165) is 24.7 Å². The summed E-state index contributed by atoms with van der Waals surface area (Å²) in [6.45, 7) is 6.31. The Balaban J connectivity index is 2.23. The molecule has 0 aromatic rings. The summed E-state index contributed by atoms with van der Waals surface area (Å²) in [5.41, 5.74) is 0. The van der Waals surface area contributed by atoms with Crippen molar-refractivity contribution in [1.29, 1.82) is 0 Å². The predicted octanol–water partition coefficient (Wildman–Crippen LogP) is 1.88. The number of aliphatic hydroxyl groups is 1. The van der Waals surface area contributed by atoms with Crippen LogP contribution in [-0.2, 0) is 0 Å². The molecule has 4 heteroatoms. The first kappa shape index (κ1) is 14.3. The van der Waals surface area contributed by atoms with Gasteiger partial charge in [0.2, 0.25) is 0 Å². The maximum atomic E-state index is 11.6. The van der Waals surface area contributed by atoms with Crippen molar-refractivity contribution in [2.24, 2.45) is 11.8 Å². The average molecular weight is 242 g/mol. The first-order chi connectivity index (χ1) is 8.02. The second kappa shape index (κ2) is 6.84.